The van der Waals surface area contributed by atoms with Crippen LogP contribution >= 0.6 is 23.2 Å². The van der Waals surface area contributed by atoms with E-state index in [1.54, 1.807) is 31.4 Å². The first-order chi connectivity index (χ1) is 19.9. The quantitative estimate of drug-likeness (QED) is 0.222. The molecule has 41 heavy (non-hydrogen) atoms. The van der Waals surface area contributed by atoms with Crippen molar-refractivity contribution in [3.63, 3.8) is 0 Å². The number of hydrogen-bond acceptors (Lipinski definition) is 6. The van der Waals surface area contributed by atoms with Crippen LogP contribution in [0.25, 0.3) is 0 Å². The van der Waals surface area contributed by atoms with Gasteiger partial charge in [-0.3, -0.25) is 4.79 Å². The Morgan fingerprint density at radius 3 is 1.98 bits per heavy atom. The van der Waals surface area contributed by atoms with Gasteiger partial charge in [-0.2, -0.15) is 0 Å². The van der Waals surface area contributed by atoms with Crippen molar-refractivity contribution in [1.82, 2.24) is 0 Å². The van der Waals surface area contributed by atoms with E-state index in [1.165, 1.54) is 0 Å². The number of ketones is 1. The molecule has 6 nitrogen and oxygen atoms in total. The van der Waals surface area contributed by atoms with Crippen molar-refractivity contribution in [2.24, 2.45) is 21.6 Å². The maximum atomic E-state index is 15.2. The standard InChI is InChI=1S/C33H26Cl2N2O4/c1-33(30(22-10-16-25(35)17-11-22)37-41-32(33)23-6-4-3-5-7-23)31(38)27-28(20-8-14-24(34)15-9-20)36-40-29(27)21-12-18-26(39-2)19-13-21/h3-19,27,29,32H,1-2H3. The number of nitrogens with zero attached hydrogens (tertiary/aromatic N) is 2. The average Bonchev–Trinajstić information content (AvgIpc) is 3.60. The van der Waals surface area contributed by atoms with E-state index in [0.717, 1.165) is 22.3 Å². The van der Waals surface area contributed by atoms with Gasteiger partial charge in [-0.15, -0.1) is 0 Å². The van der Waals surface area contributed by atoms with E-state index < -0.39 is 23.5 Å². The highest BCUT2D eigenvalue weighted by Crippen LogP contribution is 2.50. The zero-order chi connectivity index (χ0) is 28.6. The molecule has 0 amide bonds. The third-order valence-electron chi connectivity index (χ3n) is 7.73. The molecule has 6 rings (SSSR count). The van der Waals surface area contributed by atoms with Crippen LogP contribution in [-0.2, 0) is 14.5 Å². The molecule has 4 unspecified atom stereocenters. The van der Waals surface area contributed by atoms with Crippen LogP contribution in [0.15, 0.2) is 113 Å². The van der Waals surface area contributed by atoms with Crippen molar-refractivity contribution in [1.29, 1.82) is 0 Å². The minimum Gasteiger partial charge on any atom is -0.497 e. The summed E-state index contributed by atoms with van der Waals surface area (Å²) in [6.07, 6.45) is -1.36. The minimum atomic E-state index is -1.20. The number of Topliss-reactive ketones (excluding diaryl/α,β-unsaturated/α-hetero) is 1. The fourth-order valence-electron chi connectivity index (χ4n) is 5.52. The Morgan fingerprint density at radius 1 is 0.756 bits per heavy atom. The molecule has 0 aliphatic carbocycles. The number of oxime groups is 2. The van der Waals surface area contributed by atoms with Crippen LogP contribution in [0.2, 0.25) is 10.0 Å². The van der Waals surface area contributed by atoms with E-state index in [4.69, 9.17) is 37.6 Å². The molecule has 0 N–H and O–H groups in total. The van der Waals surface area contributed by atoms with E-state index >= 15 is 4.79 Å². The predicted octanol–water partition coefficient (Wildman–Crippen LogP) is 7.85. The molecule has 206 valence electrons. The van der Waals surface area contributed by atoms with Crippen molar-refractivity contribution < 1.29 is 19.2 Å². The lowest BCUT2D eigenvalue weighted by Crippen LogP contribution is -2.46. The van der Waals surface area contributed by atoms with Gasteiger partial charge in [-0.05, 0) is 54.4 Å². The van der Waals surface area contributed by atoms with E-state index in [2.05, 4.69) is 10.3 Å². The van der Waals surface area contributed by atoms with Gasteiger partial charge in [0.05, 0.1) is 7.11 Å². The fraction of sp³-hybridized carbons (Fsp3) is 0.182. The number of rotatable bonds is 7. The molecule has 2 heterocycles. The Labute approximate surface area is 248 Å². The maximum Gasteiger partial charge on any atom is 0.170 e. The Bertz CT molecular complexity index is 1620. The summed E-state index contributed by atoms with van der Waals surface area (Å²) in [5, 5.41) is 10.1. The minimum absolute atomic E-state index is 0.135. The van der Waals surface area contributed by atoms with Gasteiger partial charge >= 0.3 is 0 Å². The van der Waals surface area contributed by atoms with Crippen molar-refractivity contribution in [2.45, 2.75) is 19.1 Å². The maximum absolute atomic E-state index is 15.2. The molecule has 0 spiro atoms. The number of benzene rings is 4. The van der Waals surface area contributed by atoms with Gasteiger partial charge in [0.1, 0.15) is 28.5 Å². The first-order valence-corrected chi connectivity index (χ1v) is 13.9. The molecule has 4 atom stereocenters. The summed E-state index contributed by atoms with van der Waals surface area (Å²) in [7, 11) is 1.61. The molecule has 0 saturated heterocycles. The summed E-state index contributed by atoms with van der Waals surface area (Å²) >= 11 is 12.4. The van der Waals surface area contributed by atoms with Crippen LogP contribution < -0.4 is 4.74 Å². The molecule has 0 radical (unpaired) electrons. The van der Waals surface area contributed by atoms with E-state index in [0.29, 0.717) is 27.2 Å². The van der Waals surface area contributed by atoms with Crippen molar-refractivity contribution in [3.8, 4) is 5.75 Å². The highest BCUT2D eigenvalue weighted by atomic mass is 35.5. The topological polar surface area (TPSA) is 69.5 Å². The first kappa shape index (κ1) is 27.1. The Morgan fingerprint density at radius 2 is 1.37 bits per heavy atom. The predicted molar refractivity (Wildman–Crippen MR) is 160 cm³/mol. The Hall–Kier alpha value is -4.13. The van der Waals surface area contributed by atoms with Crippen LogP contribution in [0.1, 0.15) is 41.4 Å². The first-order valence-electron chi connectivity index (χ1n) is 13.1. The summed E-state index contributed by atoms with van der Waals surface area (Å²) in [5.41, 5.74) is 2.94. The average molecular weight is 585 g/mol. The molecule has 0 fully saturated rings. The summed E-state index contributed by atoms with van der Waals surface area (Å²) in [4.78, 5) is 27.3. The molecule has 4 aromatic carbocycles. The molecule has 0 bridgehead atoms. The lowest BCUT2D eigenvalue weighted by Gasteiger charge is -2.33. The molecule has 0 saturated carbocycles. The SMILES string of the molecule is COc1ccc(C2ON=C(c3ccc(Cl)cc3)C2C(=O)C2(C)C(c3ccc(Cl)cc3)=NOC2c2ccccc2)cc1. The van der Waals surface area contributed by atoms with Crippen LogP contribution in [0.3, 0.4) is 0 Å². The van der Waals surface area contributed by atoms with E-state index in [9.17, 15) is 0 Å². The second-order valence-electron chi connectivity index (χ2n) is 10.2. The van der Waals surface area contributed by atoms with Gasteiger partial charge in [0.15, 0.2) is 18.0 Å². The lowest BCUT2D eigenvalue weighted by molar-refractivity contribution is -0.134. The van der Waals surface area contributed by atoms with Gasteiger partial charge in [0.25, 0.3) is 0 Å². The van der Waals surface area contributed by atoms with Crippen molar-refractivity contribution in [2.75, 3.05) is 7.11 Å². The smallest absolute Gasteiger partial charge is 0.170 e. The van der Waals surface area contributed by atoms with E-state index in [-0.39, 0.29) is 5.78 Å². The van der Waals surface area contributed by atoms with Gasteiger partial charge in [-0.25, -0.2) is 0 Å². The summed E-state index contributed by atoms with van der Waals surface area (Å²) < 4.78 is 5.35. The summed E-state index contributed by atoms with van der Waals surface area (Å²) in [6, 6.07) is 31.6. The molecule has 2 aliphatic heterocycles. The van der Waals surface area contributed by atoms with Gasteiger partial charge in [-0.1, -0.05) is 100 Å². The van der Waals surface area contributed by atoms with Crippen LogP contribution in [0.4, 0.5) is 0 Å². The fourth-order valence-corrected chi connectivity index (χ4v) is 5.77. The summed E-state index contributed by atoms with van der Waals surface area (Å²) in [5.74, 6) is -0.213. The van der Waals surface area contributed by atoms with Gasteiger partial charge in [0, 0.05) is 21.2 Å². The number of hydrogen-bond donors (Lipinski definition) is 0. The molecule has 4 aromatic rings. The van der Waals surface area contributed by atoms with Gasteiger partial charge in [0.2, 0.25) is 0 Å². The molecule has 0 aromatic heterocycles. The normalized spacial score (nSPS) is 23.3. The second kappa shape index (κ2) is 11.0. The number of carbonyl (C=O) groups is 1. The van der Waals surface area contributed by atoms with Crippen LogP contribution in [-0.4, -0.2) is 24.3 Å². The third kappa shape index (κ3) is 4.88. The Balaban J connectivity index is 1.49. The second-order valence-corrected chi connectivity index (χ2v) is 11.0. The molecule has 2 aliphatic rings. The highest BCUT2D eigenvalue weighted by Gasteiger charge is 2.58. The highest BCUT2D eigenvalue weighted by molar-refractivity contribution is 6.31. The number of carbonyl (C=O) groups excluding carboxylic acids is 1. The lowest BCUT2D eigenvalue weighted by atomic mass is 9.66. The third-order valence-corrected chi connectivity index (χ3v) is 8.23. The number of methoxy groups -OCH3 is 1. The van der Waals surface area contributed by atoms with Crippen LogP contribution in [0, 0.1) is 11.3 Å². The number of halogens is 2. The van der Waals surface area contributed by atoms with Crippen molar-refractivity contribution >= 4 is 40.4 Å². The zero-order valence-corrected chi connectivity index (χ0v) is 23.8. The zero-order valence-electron chi connectivity index (χ0n) is 22.3. The van der Waals surface area contributed by atoms with Crippen LogP contribution in [0.5, 0.6) is 5.75 Å². The van der Waals surface area contributed by atoms with E-state index in [1.807, 2.05) is 85.8 Å². The summed E-state index contributed by atoms with van der Waals surface area (Å²) in [6.45, 7) is 1.89. The molecular formula is C33H26Cl2N2O4. The molecular weight excluding hydrogens is 559 g/mol. The van der Waals surface area contributed by atoms with Gasteiger partial charge < -0.3 is 14.4 Å². The largest absolute Gasteiger partial charge is 0.497 e. The number of ether oxygens (including phenoxy) is 1. The Kier molecular flexibility index (Phi) is 7.28. The monoisotopic (exact) mass is 584 g/mol. The molecule has 8 heteroatoms. The van der Waals surface area contributed by atoms with Crippen molar-refractivity contribution in [3.05, 3.63) is 135 Å².